The van der Waals surface area contributed by atoms with Crippen molar-refractivity contribution in [1.29, 1.82) is 0 Å². The first-order valence-electron chi connectivity index (χ1n) is 3.60. The summed E-state index contributed by atoms with van der Waals surface area (Å²) in [5, 5.41) is 0. The number of carbonyl (C=O) groups excluding carboxylic acids is 2. The number of hydrogen-bond donors (Lipinski definition) is 0. The van der Waals surface area contributed by atoms with Crippen molar-refractivity contribution in [1.82, 2.24) is 0 Å². The largest absolute Gasteiger partial charge is 0.303 e. The molecule has 0 amide bonds. The molecule has 0 spiro atoms. The number of rotatable bonds is 6. The van der Waals surface area contributed by atoms with Crippen molar-refractivity contribution in [2.45, 2.75) is 19.3 Å². The Balaban J connectivity index is 3.65. The molecule has 0 fully saturated rings. The van der Waals surface area contributed by atoms with E-state index in [1.54, 1.807) is 12.0 Å². The summed E-state index contributed by atoms with van der Waals surface area (Å²) < 4.78 is 0. The van der Waals surface area contributed by atoms with Gasteiger partial charge in [0.2, 0.25) is 0 Å². The van der Waals surface area contributed by atoms with Crippen LogP contribution in [0.4, 0.5) is 0 Å². The Morgan fingerprint density at radius 3 is 2.73 bits per heavy atom. The number of allylic oxidation sites excluding steroid dienone is 2. The van der Waals surface area contributed by atoms with Gasteiger partial charge in [-0.05, 0) is 19.3 Å². The van der Waals surface area contributed by atoms with E-state index in [1.807, 2.05) is 0 Å². The molecule has 0 heterocycles. The lowest BCUT2D eigenvalue weighted by Crippen LogP contribution is -1.99. The van der Waals surface area contributed by atoms with Crippen molar-refractivity contribution in [3.8, 4) is 0 Å². The lowest BCUT2D eigenvalue weighted by Gasteiger charge is -2.02. The number of hydrogen-bond acceptors (Lipinski definition) is 2. The normalized spacial score (nSPS) is 11.3. The van der Waals surface area contributed by atoms with Gasteiger partial charge >= 0.3 is 0 Å². The summed E-state index contributed by atoms with van der Waals surface area (Å²) in [5.74, 6) is 1.60. The fourth-order valence-corrected chi connectivity index (χ4v) is 0.773. The van der Waals surface area contributed by atoms with Crippen molar-refractivity contribution in [2.75, 3.05) is 0 Å². The molecule has 0 rings (SSSR count). The lowest BCUT2D eigenvalue weighted by molar-refractivity contribution is -0.111. The highest BCUT2D eigenvalue weighted by Gasteiger charge is 2.02. The molecule has 0 aliphatic heterocycles. The zero-order chi connectivity index (χ0) is 8.53. The van der Waals surface area contributed by atoms with Crippen LogP contribution in [0.1, 0.15) is 19.3 Å². The van der Waals surface area contributed by atoms with Gasteiger partial charge in [-0.25, -0.2) is 4.79 Å². The second kappa shape index (κ2) is 6.97. The van der Waals surface area contributed by atoms with E-state index in [-0.39, 0.29) is 5.92 Å². The van der Waals surface area contributed by atoms with Crippen molar-refractivity contribution in [3.05, 3.63) is 18.7 Å². The number of aldehydes is 1. The van der Waals surface area contributed by atoms with E-state index in [0.717, 1.165) is 19.1 Å². The van der Waals surface area contributed by atoms with E-state index in [2.05, 4.69) is 6.58 Å². The molecule has 0 radical (unpaired) electrons. The van der Waals surface area contributed by atoms with E-state index in [1.165, 1.54) is 6.08 Å². The quantitative estimate of drug-likeness (QED) is 0.328. The summed E-state index contributed by atoms with van der Waals surface area (Å²) in [6.45, 7) is 3.54. The molecule has 1 unspecified atom stereocenters. The van der Waals surface area contributed by atoms with Gasteiger partial charge in [0.1, 0.15) is 12.2 Å². The molecule has 0 bridgehead atoms. The highest BCUT2D eigenvalue weighted by molar-refractivity contribution is 5.55. The predicted octanol–water partition coefficient (Wildman–Crippen LogP) is 1.55. The van der Waals surface area contributed by atoms with E-state index < -0.39 is 0 Å². The standard InChI is InChI=1S/C9H12O2/c1-2-3-5-9(8-11)6-4-7-10/h2,4,8-9H,1,3,5-6H2. The lowest BCUT2D eigenvalue weighted by atomic mass is 10.0. The fourth-order valence-electron chi connectivity index (χ4n) is 0.773. The highest BCUT2D eigenvalue weighted by atomic mass is 16.1. The summed E-state index contributed by atoms with van der Waals surface area (Å²) in [6.07, 6.45) is 6.07. The molecule has 0 saturated heterocycles. The van der Waals surface area contributed by atoms with Crippen LogP contribution in [0, 0.1) is 5.92 Å². The van der Waals surface area contributed by atoms with Crippen LogP contribution in [-0.4, -0.2) is 12.2 Å². The summed E-state index contributed by atoms with van der Waals surface area (Å²) in [6, 6.07) is 0. The van der Waals surface area contributed by atoms with Gasteiger partial charge in [0.05, 0.1) is 0 Å². The average Bonchev–Trinajstić information content (AvgIpc) is 2.05. The van der Waals surface area contributed by atoms with E-state index in [4.69, 9.17) is 0 Å². The van der Waals surface area contributed by atoms with Crippen LogP contribution < -0.4 is 0 Å². The monoisotopic (exact) mass is 152 g/mol. The van der Waals surface area contributed by atoms with Crippen molar-refractivity contribution < 1.29 is 9.59 Å². The molecule has 0 N–H and O–H groups in total. The van der Waals surface area contributed by atoms with E-state index in [9.17, 15) is 9.59 Å². The maximum absolute atomic E-state index is 10.3. The Hall–Kier alpha value is -1.14. The Bertz CT molecular complexity index is 166. The molecule has 0 saturated carbocycles. The third-order valence-electron chi connectivity index (χ3n) is 1.44. The maximum atomic E-state index is 10.3. The predicted molar refractivity (Wildman–Crippen MR) is 43.9 cm³/mol. The van der Waals surface area contributed by atoms with Gasteiger partial charge in [-0.1, -0.05) is 6.08 Å². The summed E-state index contributed by atoms with van der Waals surface area (Å²) in [5.41, 5.74) is 0. The molecule has 60 valence electrons. The zero-order valence-electron chi connectivity index (χ0n) is 6.45. The fraction of sp³-hybridized carbons (Fsp3) is 0.444. The van der Waals surface area contributed by atoms with Crippen molar-refractivity contribution >= 4 is 12.2 Å². The summed E-state index contributed by atoms with van der Waals surface area (Å²) in [7, 11) is 0. The molecule has 2 nitrogen and oxygen atoms in total. The minimum absolute atomic E-state index is 0.0468. The van der Waals surface area contributed by atoms with Gasteiger partial charge in [-0.15, -0.1) is 6.58 Å². The molecule has 0 aliphatic carbocycles. The van der Waals surface area contributed by atoms with Crippen LogP contribution in [0.5, 0.6) is 0 Å². The van der Waals surface area contributed by atoms with Gasteiger partial charge in [-0.2, -0.15) is 0 Å². The first-order chi connectivity index (χ1) is 5.35. The van der Waals surface area contributed by atoms with Gasteiger partial charge in [0.25, 0.3) is 0 Å². The molecule has 1 atom stereocenters. The number of carbonyl (C=O) groups is 1. The molecule has 0 aromatic heterocycles. The zero-order valence-corrected chi connectivity index (χ0v) is 6.45. The highest BCUT2D eigenvalue weighted by Crippen LogP contribution is 2.08. The molecule has 0 aromatic carbocycles. The van der Waals surface area contributed by atoms with Gasteiger partial charge in [-0.3, -0.25) is 0 Å². The van der Waals surface area contributed by atoms with Crippen LogP contribution in [0.2, 0.25) is 0 Å². The van der Waals surface area contributed by atoms with Crippen LogP contribution in [-0.2, 0) is 9.59 Å². The second-order valence-electron chi connectivity index (χ2n) is 2.32. The van der Waals surface area contributed by atoms with Crippen LogP contribution in [0.25, 0.3) is 0 Å². The third-order valence-corrected chi connectivity index (χ3v) is 1.44. The molecular formula is C9H12O2. The van der Waals surface area contributed by atoms with Crippen LogP contribution in [0.15, 0.2) is 18.7 Å². The summed E-state index contributed by atoms with van der Waals surface area (Å²) in [4.78, 5) is 20.1. The topological polar surface area (TPSA) is 34.1 Å². The minimum atomic E-state index is -0.0468. The Morgan fingerprint density at radius 1 is 1.55 bits per heavy atom. The molecule has 11 heavy (non-hydrogen) atoms. The van der Waals surface area contributed by atoms with Crippen molar-refractivity contribution in [3.63, 3.8) is 0 Å². The van der Waals surface area contributed by atoms with Gasteiger partial charge < -0.3 is 4.79 Å². The maximum Gasteiger partial charge on any atom is 0.123 e. The first kappa shape index (κ1) is 9.86. The average molecular weight is 152 g/mol. The van der Waals surface area contributed by atoms with Crippen LogP contribution in [0.3, 0.4) is 0 Å². The molecular weight excluding hydrogens is 140 g/mol. The Kier molecular flexibility index (Phi) is 6.25. The molecule has 0 aliphatic rings. The molecule has 0 aromatic rings. The molecule has 2 heteroatoms. The van der Waals surface area contributed by atoms with E-state index in [0.29, 0.717) is 6.42 Å². The van der Waals surface area contributed by atoms with E-state index >= 15 is 0 Å². The third kappa shape index (κ3) is 5.31. The van der Waals surface area contributed by atoms with Gasteiger partial charge in [0, 0.05) is 12.0 Å². The smallest absolute Gasteiger partial charge is 0.123 e. The second-order valence-corrected chi connectivity index (χ2v) is 2.32. The minimum Gasteiger partial charge on any atom is -0.303 e. The first-order valence-corrected chi connectivity index (χ1v) is 3.60. The van der Waals surface area contributed by atoms with Crippen molar-refractivity contribution in [2.24, 2.45) is 5.92 Å². The summed E-state index contributed by atoms with van der Waals surface area (Å²) >= 11 is 0. The SMILES string of the molecule is C=CCCC(C=O)CC=C=O. The Labute approximate surface area is 66.6 Å². The Morgan fingerprint density at radius 2 is 2.27 bits per heavy atom. The van der Waals surface area contributed by atoms with Crippen LogP contribution >= 0.6 is 0 Å². The van der Waals surface area contributed by atoms with Gasteiger partial charge in [0.15, 0.2) is 0 Å².